The van der Waals surface area contributed by atoms with Crippen LogP contribution in [0.5, 0.6) is 5.75 Å². The molecule has 7 heteroatoms. The number of imidazole rings is 1. The Morgan fingerprint density at radius 2 is 2.08 bits per heavy atom. The Hall–Kier alpha value is -3.22. The summed E-state index contributed by atoms with van der Waals surface area (Å²) in [5.41, 5.74) is 1.34. The highest BCUT2D eigenvalue weighted by molar-refractivity contribution is 5.93. The summed E-state index contributed by atoms with van der Waals surface area (Å²) in [4.78, 5) is 16.4. The van der Waals surface area contributed by atoms with Crippen LogP contribution in [0.15, 0.2) is 58.9 Å². The molecule has 0 aliphatic heterocycles. The maximum Gasteiger partial charge on any atom is 0.360 e. The molecular formula is C17H16N4O3. The Morgan fingerprint density at radius 3 is 2.88 bits per heavy atom. The topological polar surface area (TPSA) is 77.5 Å². The number of pyridine rings is 1. The number of nitrogens with zero attached hydrogens (tertiary/aromatic N) is 4. The maximum absolute atomic E-state index is 12.1. The Balaban J connectivity index is 2.04. The lowest BCUT2D eigenvalue weighted by Gasteiger charge is -2.01. The number of benzene rings is 1. The molecule has 0 amide bonds. The van der Waals surface area contributed by atoms with Crippen LogP contribution in [-0.2, 0) is 4.74 Å². The number of hydrogen-bond acceptors (Lipinski definition) is 6. The highest BCUT2D eigenvalue weighted by Crippen LogP contribution is 2.26. The summed E-state index contributed by atoms with van der Waals surface area (Å²) in [6.45, 7) is 2.00. The van der Waals surface area contributed by atoms with Crippen molar-refractivity contribution in [3.63, 3.8) is 0 Å². The summed E-state index contributed by atoms with van der Waals surface area (Å²) >= 11 is 0. The number of carbonyl (C=O) groups is 1. The molecule has 7 nitrogen and oxygen atoms in total. The van der Waals surface area contributed by atoms with E-state index in [2.05, 4.69) is 15.2 Å². The Morgan fingerprint density at radius 1 is 1.21 bits per heavy atom. The van der Waals surface area contributed by atoms with Gasteiger partial charge < -0.3 is 9.47 Å². The number of ether oxygens (including phenoxy) is 2. The van der Waals surface area contributed by atoms with Crippen LogP contribution in [0.2, 0.25) is 0 Å². The van der Waals surface area contributed by atoms with Crippen molar-refractivity contribution >= 4 is 23.1 Å². The van der Waals surface area contributed by atoms with Gasteiger partial charge in [0.05, 0.1) is 19.4 Å². The normalized spacial score (nSPS) is 11.1. The van der Waals surface area contributed by atoms with E-state index < -0.39 is 5.97 Å². The summed E-state index contributed by atoms with van der Waals surface area (Å²) in [5, 5.41) is 8.40. The standard InChI is InChI=1S/C17H16N4O3/c1-3-24-17(22)15-16(21-10-5-4-9-14(21)18-15)20-19-12-7-6-8-13(11-12)23-2/h4-11H,3H2,1-2H3. The molecule has 0 saturated carbocycles. The Bertz CT molecular complexity index is 902. The lowest BCUT2D eigenvalue weighted by molar-refractivity contribution is 0.0521. The van der Waals surface area contributed by atoms with Crippen molar-refractivity contribution in [1.82, 2.24) is 9.38 Å². The van der Waals surface area contributed by atoms with Crippen molar-refractivity contribution < 1.29 is 14.3 Å². The van der Waals surface area contributed by atoms with Gasteiger partial charge in [0, 0.05) is 12.3 Å². The van der Waals surface area contributed by atoms with E-state index in [1.54, 1.807) is 42.8 Å². The molecule has 0 spiro atoms. The van der Waals surface area contributed by atoms with Crippen LogP contribution in [-0.4, -0.2) is 29.1 Å². The zero-order valence-corrected chi connectivity index (χ0v) is 13.3. The molecule has 122 valence electrons. The first-order chi connectivity index (χ1) is 11.7. The van der Waals surface area contributed by atoms with Crippen molar-refractivity contribution in [3.8, 4) is 5.75 Å². The van der Waals surface area contributed by atoms with Gasteiger partial charge in [-0.15, -0.1) is 10.2 Å². The van der Waals surface area contributed by atoms with E-state index in [1.807, 2.05) is 24.3 Å². The molecule has 0 unspecified atom stereocenters. The van der Waals surface area contributed by atoms with Crippen LogP contribution >= 0.6 is 0 Å². The fraction of sp³-hybridized carbons (Fsp3) is 0.176. The highest BCUT2D eigenvalue weighted by atomic mass is 16.5. The number of carbonyl (C=O) groups excluding carboxylic acids is 1. The van der Waals surface area contributed by atoms with Crippen LogP contribution in [0, 0.1) is 0 Å². The van der Waals surface area contributed by atoms with Crippen LogP contribution < -0.4 is 4.74 Å². The first-order valence-electron chi connectivity index (χ1n) is 7.43. The monoisotopic (exact) mass is 324 g/mol. The maximum atomic E-state index is 12.1. The molecule has 1 aromatic carbocycles. The molecule has 3 aromatic rings. The van der Waals surface area contributed by atoms with E-state index in [-0.39, 0.29) is 12.3 Å². The number of hydrogen-bond donors (Lipinski definition) is 0. The first kappa shape index (κ1) is 15.7. The third kappa shape index (κ3) is 3.10. The van der Waals surface area contributed by atoms with E-state index in [0.29, 0.717) is 22.9 Å². The predicted molar refractivity (Wildman–Crippen MR) is 88.3 cm³/mol. The van der Waals surface area contributed by atoms with E-state index in [1.165, 1.54) is 0 Å². The molecule has 0 N–H and O–H groups in total. The largest absolute Gasteiger partial charge is 0.497 e. The van der Waals surface area contributed by atoms with Crippen molar-refractivity contribution in [2.75, 3.05) is 13.7 Å². The summed E-state index contributed by atoms with van der Waals surface area (Å²) in [5.74, 6) is 0.475. The quantitative estimate of drug-likeness (QED) is 0.526. The number of esters is 1. The summed E-state index contributed by atoms with van der Waals surface area (Å²) < 4.78 is 11.9. The molecule has 0 aliphatic rings. The molecule has 0 saturated heterocycles. The third-order valence-corrected chi connectivity index (χ3v) is 3.29. The molecular weight excluding hydrogens is 308 g/mol. The highest BCUT2D eigenvalue weighted by Gasteiger charge is 2.20. The number of rotatable bonds is 5. The van der Waals surface area contributed by atoms with E-state index in [0.717, 1.165) is 0 Å². The Kier molecular flexibility index (Phi) is 4.51. The second kappa shape index (κ2) is 6.91. The van der Waals surface area contributed by atoms with Crippen molar-refractivity contribution in [1.29, 1.82) is 0 Å². The number of fused-ring (bicyclic) bond motifs is 1. The number of azo groups is 1. The van der Waals surface area contributed by atoms with Gasteiger partial charge in [-0.3, -0.25) is 4.40 Å². The summed E-state index contributed by atoms with van der Waals surface area (Å²) in [6.07, 6.45) is 1.77. The molecule has 2 aromatic heterocycles. The van der Waals surface area contributed by atoms with E-state index >= 15 is 0 Å². The number of aromatic nitrogens is 2. The minimum atomic E-state index is -0.527. The molecule has 0 aliphatic carbocycles. The van der Waals surface area contributed by atoms with Gasteiger partial charge in [-0.2, -0.15) is 0 Å². The zero-order chi connectivity index (χ0) is 16.9. The third-order valence-electron chi connectivity index (χ3n) is 3.29. The molecule has 0 atom stereocenters. The van der Waals surface area contributed by atoms with Gasteiger partial charge in [0.25, 0.3) is 0 Å². The SMILES string of the molecule is CCOC(=O)c1nc2ccccn2c1N=Nc1cccc(OC)c1. The molecule has 0 bridgehead atoms. The van der Waals surface area contributed by atoms with Crippen LogP contribution in [0.25, 0.3) is 5.65 Å². The van der Waals surface area contributed by atoms with Gasteiger partial charge in [-0.1, -0.05) is 12.1 Å². The molecule has 24 heavy (non-hydrogen) atoms. The lowest BCUT2D eigenvalue weighted by atomic mass is 10.3. The average Bonchev–Trinajstić information content (AvgIpc) is 2.99. The predicted octanol–water partition coefficient (Wildman–Crippen LogP) is 3.94. The summed E-state index contributed by atoms with van der Waals surface area (Å²) in [7, 11) is 1.58. The van der Waals surface area contributed by atoms with Gasteiger partial charge in [0.2, 0.25) is 0 Å². The average molecular weight is 324 g/mol. The van der Waals surface area contributed by atoms with Crippen molar-refractivity contribution in [2.45, 2.75) is 6.92 Å². The zero-order valence-electron chi connectivity index (χ0n) is 13.3. The van der Waals surface area contributed by atoms with Crippen molar-refractivity contribution in [2.24, 2.45) is 10.2 Å². The fourth-order valence-electron chi connectivity index (χ4n) is 2.19. The van der Waals surface area contributed by atoms with Gasteiger partial charge >= 0.3 is 5.97 Å². The first-order valence-corrected chi connectivity index (χ1v) is 7.43. The Labute approximate surface area is 138 Å². The fourth-order valence-corrected chi connectivity index (χ4v) is 2.19. The molecule has 0 radical (unpaired) electrons. The number of methoxy groups -OCH3 is 1. The minimum absolute atomic E-state index is 0.134. The minimum Gasteiger partial charge on any atom is -0.497 e. The van der Waals surface area contributed by atoms with Crippen LogP contribution in [0.3, 0.4) is 0 Å². The van der Waals surface area contributed by atoms with E-state index in [9.17, 15) is 4.79 Å². The lowest BCUT2D eigenvalue weighted by Crippen LogP contribution is -2.05. The van der Waals surface area contributed by atoms with Gasteiger partial charge in [0.15, 0.2) is 11.5 Å². The van der Waals surface area contributed by atoms with Gasteiger partial charge in [-0.05, 0) is 31.2 Å². The van der Waals surface area contributed by atoms with Gasteiger partial charge in [0.1, 0.15) is 11.4 Å². The van der Waals surface area contributed by atoms with E-state index in [4.69, 9.17) is 9.47 Å². The second-order valence-corrected chi connectivity index (χ2v) is 4.83. The van der Waals surface area contributed by atoms with Crippen LogP contribution in [0.4, 0.5) is 11.5 Å². The second-order valence-electron chi connectivity index (χ2n) is 4.83. The van der Waals surface area contributed by atoms with Gasteiger partial charge in [-0.25, -0.2) is 9.78 Å². The molecule has 3 rings (SSSR count). The van der Waals surface area contributed by atoms with Crippen LogP contribution in [0.1, 0.15) is 17.4 Å². The summed E-state index contributed by atoms with van der Waals surface area (Å²) in [6, 6.07) is 12.6. The smallest absolute Gasteiger partial charge is 0.360 e. The van der Waals surface area contributed by atoms with Crippen molar-refractivity contribution in [3.05, 3.63) is 54.4 Å². The molecule has 0 fully saturated rings. The molecule has 2 heterocycles.